The summed E-state index contributed by atoms with van der Waals surface area (Å²) in [6.45, 7) is 7.86. The van der Waals surface area contributed by atoms with Gasteiger partial charge in [0.1, 0.15) is 5.82 Å². The van der Waals surface area contributed by atoms with Crippen molar-refractivity contribution in [1.29, 1.82) is 0 Å². The number of hydrogen-bond donors (Lipinski definition) is 1. The first-order valence-electron chi connectivity index (χ1n) is 9.20. The second-order valence-electron chi connectivity index (χ2n) is 6.98. The van der Waals surface area contributed by atoms with E-state index in [0.717, 1.165) is 70.3 Å². The minimum atomic E-state index is -0.0155. The molecule has 0 aliphatic carbocycles. The van der Waals surface area contributed by atoms with Gasteiger partial charge in [0.25, 0.3) is 0 Å². The number of nitrogens with one attached hydrogen (secondary N) is 1. The van der Waals surface area contributed by atoms with Gasteiger partial charge in [0.15, 0.2) is 0 Å². The number of nitrogens with zero attached hydrogens (tertiary/aromatic N) is 4. The first kappa shape index (κ1) is 18.2. The van der Waals surface area contributed by atoms with Crippen molar-refractivity contribution in [1.82, 2.24) is 25.1 Å². The average Bonchev–Trinajstić information content (AvgIpc) is 2.85. The van der Waals surface area contributed by atoms with E-state index in [0.29, 0.717) is 6.04 Å². The van der Waals surface area contributed by atoms with Crippen molar-refractivity contribution in [3.05, 3.63) is 23.8 Å². The molecule has 1 aromatic rings. The molecule has 3 rings (SSSR count). The summed E-state index contributed by atoms with van der Waals surface area (Å²) < 4.78 is 5.50. The highest BCUT2D eigenvalue weighted by Crippen LogP contribution is 2.20. The lowest BCUT2D eigenvalue weighted by molar-refractivity contribution is -0.125. The molecule has 0 spiro atoms. The van der Waals surface area contributed by atoms with E-state index in [1.54, 1.807) is 13.2 Å². The van der Waals surface area contributed by atoms with Crippen LogP contribution in [0.3, 0.4) is 0 Å². The zero-order valence-electron chi connectivity index (χ0n) is 15.3. The Kier molecular flexibility index (Phi) is 6.34. The van der Waals surface area contributed by atoms with Gasteiger partial charge in [-0.1, -0.05) is 0 Å². The third-order valence-corrected chi connectivity index (χ3v) is 5.18. The first-order valence-corrected chi connectivity index (χ1v) is 9.20. The molecule has 0 bridgehead atoms. The van der Waals surface area contributed by atoms with Crippen LogP contribution in [0.25, 0.3) is 0 Å². The van der Waals surface area contributed by atoms with Gasteiger partial charge in [0.2, 0.25) is 5.91 Å². The lowest BCUT2D eigenvalue weighted by Crippen LogP contribution is -2.45. The summed E-state index contributed by atoms with van der Waals surface area (Å²) in [6.07, 6.45) is 3.93. The van der Waals surface area contributed by atoms with Crippen LogP contribution in [-0.4, -0.2) is 78.2 Å². The Morgan fingerprint density at radius 1 is 1.32 bits per heavy atom. The Morgan fingerprint density at radius 2 is 2.12 bits per heavy atom. The van der Waals surface area contributed by atoms with Gasteiger partial charge < -0.3 is 10.1 Å². The predicted octanol–water partition coefficient (Wildman–Crippen LogP) is 0.444. The number of rotatable bonds is 4. The molecule has 2 fully saturated rings. The molecule has 1 aromatic heterocycles. The number of aromatic nitrogens is 2. The van der Waals surface area contributed by atoms with E-state index in [4.69, 9.17) is 4.74 Å². The molecule has 1 unspecified atom stereocenters. The van der Waals surface area contributed by atoms with Gasteiger partial charge in [-0.15, -0.1) is 0 Å². The lowest BCUT2D eigenvalue weighted by Gasteiger charge is -2.34. The van der Waals surface area contributed by atoms with E-state index in [-0.39, 0.29) is 11.8 Å². The van der Waals surface area contributed by atoms with Gasteiger partial charge in [0, 0.05) is 65.2 Å². The van der Waals surface area contributed by atoms with Crippen LogP contribution < -0.4 is 5.32 Å². The van der Waals surface area contributed by atoms with E-state index < -0.39 is 0 Å². The Morgan fingerprint density at radius 3 is 2.84 bits per heavy atom. The predicted molar refractivity (Wildman–Crippen MR) is 95.0 cm³/mol. The Balaban J connectivity index is 1.69. The van der Waals surface area contributed by atoms with Gasteiger partial charge in [-0.3, -0.25) is 14.6 Å². The molecule has 3 heterocycles. The smallest absolute Gasteiger partial charge is 0.225 e. The van der Waals surface area contributed by atoms with E-state index in [9.17, 15) is 4.79 Å². The van der Waals surface area contributed by atoms with Crippen molar-refractivity contribution < 1.29 is 9.53 Å². The van der Waals surface area contributed by atoms with Crippen molar-refractivity contribution in [2.75, 3.05) is 46.4 Å². The second kappa shape index (κ2) is 8.69. The molecule has 7 nitrogen and oxygen atoms in total. The minimum Gasteiger partial charge on any atom is -0.381 e. The second-order valence-corrected chi connectivity index (χ2v) is 6.98. The Bertz CT molecular complexity index is 576. The molecule has 2 saturated heterocycles. The van der Waals surface area contributed by atoms with Gasteiger partial charge >= 0.3 is 0 Å². The molecule has 0 saturated carbocycles. The van der Waals surface area contributed by atoms with Gasteiger partial charge in [-0.2, -0.15) is 0 Å². The molecule has 1 N–H and O–H groups in total. The van der Waals surface area contributed by atoms with Crippen LogP contribution in [0.5, 0.6) is 0 Å². The molecule has 138 valence electrons. The molecular formula is C18H29N5O2. The summed E-state index contributed by atoms with van der Waals surface area (Å²) in [4.78, 5) is 25.9. The Hall–Kier alpha value is -1.57. The first-order chi connectivity index (χ1) is 12.2. The summed E-state index contributed by atoms with van der Waals surface area (Å²) >= 11 is 0. The maximum atomic E-state index is 12.4. The molecule has 1 amide bonds. The molecule has 25 heavy (non-hydrogen) atoms. The van der Waals surface area contributed by atoms with E-state index >= 15 is 0 Å². The summed E-state index contributed by atoms with van der Waals surface area (Å²) in [5, 5.41) is 2.84. The highest BCUT2D eigenvalue weighted by molar-refractivity contribution is 5.78. The number of amides is 1. The van der Waals surface area contributed by atoms with Crippen LogP contribution in [-0.2, 0) is 16.1 Å². The van der Waals surface area contributed by atoms with Crippen molar-refractivity contribution in [2.24, 2.45) is 5.92 Å². The number of aryl methyl sites for hydroxylation is 1. The van der Waals surface area contributed by atoms with E-state index in [2.05, 4.69) is 25.1 Å². The van der Waals surface area contributed by atoms with E-state index in [1.165, 1.54) is 0 Å². The molecule has 1 atom stereocenters. The SMILES string of the molecule is CNC(=O)C1CN(Cc2ccnc(C)n2)CCN(C2CCOCC2)C1. The molecule has 2 aliphatic heterocycles. The average molecular weight is 347 g/mol. The maximum Gasteiger partial charge on any atom is 0.225 e. The van der Waals surface area contributed by atoms with Crippen molar-refractivity contribution >= 4 is 5.91 Å². The standard InChI is InChI=1S/C18H29N5O2/c1-14-20-6-3-16(21-14)13-22-7-8-23(17-4-9-25-10-5-17)12-15(11-22)18(24)19-2/h3,6,15,17H,4-5,7-13H2,1-2H3,(H,19,24). The number of hydrogen-bond acceptors (Lipinski definition) is 6. The van der Waals surface area contributed by atoms with Crippen molar-refractivity contribution in [3.8, 4) is 0 Å². The van der Waals surface area contributed by atoms with Crippen molar-refractivity contribution in [3.63, 3.8) is 0 Å². The van der Waals surface area contributed by atoms with Gasteiger partial charge in [0.05, 0.1) is 11.6 Å². The fourth-order valence-electron chi connectivity index (χ4n) is 3.82. The third kappa shape index (κ3) is 4.96. The topological polar surface area (TPSA) is 70.6 Å². The number of carbonyl (C=O) groups excluding carboxylic acids is 1. The highest BCUT2D eigenvalue weighted by atomic mass is 16.5. The van der Waals surface area contributed by atoms with Crippen LogP contribution in [0, 0.1) is 12.8 Å². The molecule has 7 heteroatoms. The summed E-state index contributed by atoms with van der Waals surface area (Å²) in [5.41, 5.74) is 1.02. The van der Waals surface area contributed by atoms with Crippen LogP contribution in [0.2, 0.25) is 0 Å². The summed E-state index contributed by atoms with van der Waals surface area (Å²) in [5.74, 6) is 0.903. The van der Waals surface area contributed by atoms with Crippen LogP contribution in [0.15, 0.2) is 12.3 Å². The lowest BCUT2D eigenvalue weighted by atomic mass is 10.0. The monoisotopic (exact) mass is 347 g/mol. The highest BCUT2D eigenvalue weighted by Gasteiger charge is 2.31. The van der Waals surface area contributed by atoms with Gasteiger partial charge in [-0.05, 0) is 25.8 Å². The maximum absolute atomic E-state index is 12.4. The molecule has 2 aliphatic rings. The van der Waals surface area contributed by atoms with Crippen molar-refractivity contribution in [2.45, 2.75) is 32.4 Å². The Labute approximate surface area is 149 Å². The largest absolute Gasteiger partial charge is 0.381 e. The van der Waals surface area contributed by atoms with E-state index in [1.807, 2.05) is 13.0 Å². The fraction of sp³-hybridized carbons (Fsp3) is 0.722. The summed E-state index contributed by atoms with van der Waals surface area (Å²) in [6, 6.07) is 2.49. The molecule has 0 radical (unpaired) electrons. The van der Waals surface area contributed by atoms with Crippen LogP contribution in [0.4, 0.5) is 0 Å². The minimum absolute atomic E-state index is 0.0155. The normalized spacial score (nSPS) is 24.0. The third-order valence-electron chi connectivity index (χ3n) is 5.18. The fourth-order valence-corrected chi connectivity index (χ4v) is 3.82. The van der Waals surface area contributed by atoms with Gasteiger partial charge in [-0.25, -0.2) is 9.97 Å². The number of carbonyl (C=O) groups is 1. The number of ether oxygens (including phenoxy) is 1. The zero-order valence-corrected chi connectivity index (χ0v) is 15.3. The molecule has 0 aromatic carbocycles. The summed E-state index contributed by atoms with van der Waals surface area (Å²) in [7, 11) is 1.73. The van der Waals surface area contributed by atoms with Crippen LogP contribution in [0.1, 0.15) is 24.4 Å². The zero-order chi connectivity index (χ0) is 17.6. The molecular weight excluding hydrogens is 318 g/mol. The van der Waals surface area contributed by atoms with Crippen LogP contribution >= 0.6 is 0 Å². The quantitative estimate of drug-likeness (QED) is 0.852.